The van der Waals surface area contributed by atoms with Crippen molar-refractivity contribution in [2.45, 2.75) is 45.2 Å². The van der Waals surface area contributed by atoms with Gasteiger partial charge in [-0.15, -0.1) is 0 Å². The van der Waals surface area contributed by atoms with E-state index in [2.05, 4.69) is 41.8 Å². The Morgan fingerprint density at radius 2 is 2.18 bits per heavy atom. The molecule has 0 amide bonds. The van der Waals surface area contributed by atoms with Crippen molar-refractivity contribution in [3.8, 4) is 0 Å². The number of benzene rings is 1. The summed E-state index contributed by atoms with van der Waals surface area (Å²) in [5.74, 6) is 0. The number of aryl methyl sites for hydroxylation is 1. The molecule has 0 saturated carbocycles. The zero-order valence-corrected chi connectivity index (χ0v) is 10.8. The first-order valence-electron chi connectivity index (χ1n) is 6.85. The summed E-state index contributed by atoms with van der Waals surface area (Å²) >= 11 is 0. The van der Waals surface area contributed by atoms with Crippen molar-refractivity contribution in [1.82, 2.24) is 10.6 Å². The molecule has 0 aliphatic carbocycles. The number of hydrogen-bond acceptors (Lipinski definition) is 2. The number of nitrogens with one attached hydrogen (secondary N) is 2. The predicted molar refractivity (Wildman–Crippen MR) is 73.1 cm³/mol. The molecule has 1 aliphatic rings. The van der Waals surface area contributed by atoms with Gasteiger partial charge in [0.15, 0.2) is 0 Å². The average Bonchev–Trinajstić information content (AvgIpc) is 2.38. The van der Waals surface area contributed by atoms with E-state index in [-0.39, 0.29) is 0 Å². The quantitative estimate of drug-likeness (QED) is 0.763. The Balaban J connectivity index is 1.64. The minimum Gasteiger partial charge on any atom is -0.314 e. The first kappa shape index (κ1) is 12.6. The fraction of sp³-hybridized carbons (Fsp3) is 0.600. The number of rotatable bonds is 5. The second-order valence-corrected chi connectivity index (χ2v) is 5.04. The maximum absolute atomic E-state index is 3.59. The van der Waals surface area contributed by atoms with Crippen LogP contribution in [0.2, 0.25) is 0 Å². The van der Waals surface area contributed by atoms with Gasteiger partial charge < -0.3 is 10.6 Å². The fourth-order valence-electron chi connectivity index (χ4n) is 2.48. The SMILES string of the molecule is Cc1ccccc1CNCCC1CCCCN1. The van der Waals surface area contributed by atoms with E-state index >= 15 is 0 Å². The van der Waals surface area contributed by atoms with E-state index in [1.54, 1.807) is 0 Å². The van der Waals surface area contributed by atoms with Gasteiger partial charge in [0.05, 0.1) is 0 Å². The molecule has 1 aromatic rings. The van der Waals surface area contributed by atoms with Crippen LogP contribution in [0.1, 0.15) is 36.8 Å². The van der Waals surface area contributed by atoms with Gasteiger partial charge in [-0.2, -0.15) is 0 Å². The smallest absolute Gasteiger partial charge is 0.0208 e. The number of hydrogen-bond donors (Lipinski definition) is 2. The summed E-state index contributed by atoms with van der Waals surface area (Å²) in [6.07, 6.45) is 5.36. The van der Waals surface area contributed by atoms with Gasteiger partial charge in [-0.25, -0.2) is 0 Å². The molecule has 1 fully saturated rings. The summed E-state index contributed by atoms with van der Waals surface area (Å²) in [4.78, 5) is 0. The molecule has 1 atom stereocenters. The van der Waals surface area contributed by atoms with Gasteiger partial charge in [0.2, 0.25) is 0 Å². The van der Waals surface area contributed by atoms with Crippen LogP contribution in [0.5, 0.6) is 0 Å². The van der Waals surface area contributed by atoms with Crippen molar-refractivity contribution in [3.05, 3.63) is 35.4 Å². The van der Waals surface area contributed by atoms with E-state index in [4.69, 9.17) is 0 Å². The van der Waals surface area contributed by atoms with Crippen LogP contribution in [0.15, 0.2) is 24.3 Å². The second kappa shape index (κ2) is 6.77. The van der Waals surface area contributed by atoms with Crippen molar-refractivity contribution >= 4 is 0 Å². The van der Waals surface area contributed by atoms with E-state index in [1.165, 1.54) is 43.4 Å². The Morgan fingerprint density at radius 3 is 2.94 bits per heavy atom. The molecule has 17 heavy (non-hydrogen) atoms. The van der Waals surface area contributed by atoms with E-state index in [1.807, 2.05) is 0 Å². The van der Waals surface area contributed by atoms with E-state index in [9.17, 15) is 0 Å². The predicted octanol–water partition coefficient (Wildman–Crippen LogP) is 2.62. The van der Waals surface area contributed by atoms with Gasteiger partial charge in [-0.3, -0.25) is 0 Å². The lowest BCUT2D eigenvalue weighted by Gasteiger charge is -2.23. The average molecular weight is 232 g/mol. The molecule has 2 rings (SSSR count). The third kappa shape index (κ3) is 4.14. The molecule has 0 bridgehead atoms. The second-order valence-electron chi connectivity index (χ2n) is 5.04. The van der Waals surface area contributed by atoms with Crippen molar-refractivity contribution in [2.75, 3.05) is 13.1 Å². The highest BCUT2D eigenvalue weighted by Gasteiger charge is 2.11. The van der Waals surface area contributed by atoms with E-state index < -0.39 is 0 Å². The Bertz CT molecular complexity index is 329. The van der Waals surface area contributed by atoms with E-state index in [0.29, 0.717) is 0 Å². The Kier molecular flexibility index (Phi) is 5.02. The van der Waals surface area contributed by atoms with Gasteiger partial charge in [-0.1, -0.05) is 30.7 Å². The summed E-state index contributed by atoms with van der Waals surface area (Å²) in [5, 5.41) is 7.14. The summed E-state index contributed by atoms with van der Waals surface area (Å²) < 4.78 is 0. The summed E-state index contributed by atoms with van der Waals surface area (Å²) in [5.41, 5.74) is 2.81. The van der Waals surface area contributed by atoms with Gasteiger partial charge >= 0.3 is 0 Å². The van der Waals surface area contributed by atoms with Crippen LogP contribution < -0.4 is 10.6 Å². The third-order valence-corrected chi connectivity index (χ3v) is 3.66. The lowest BCUT2D eigenvalue weighted by atomic mass is 10.0. The molecular weight excluding hydrogens is 208 g/mol. The van der Waals surface area contributed by atoms with Gasteiger partial charge in [0, 0.05) is 12.6 Å². The van der Waals surface area contributed by atoms with Gasteiger partial charge in [0.1, 0.15) is 0 Å². The highest BCUT2D eigenvalue weighted by atomic mass is 14.9. The third-order valence-electron chi connectivity index (χ3n) is 3.66. The molecule has 1 aromatic carbocycles. The maximum Gasteiger partial charge on any atom is 0.0208 e. The first-order chi connectivity index (χ1) is 8.36. The molecule has 1 unspecified atom stereocenters. The van der Waals surface area contributed by atoms with Crippen LogP contribution in [-0.2, 0) is 6.54 Å². The normalized spacial score (nSPS) is 20.4. The molecule has 2 nitrogen and oxygen atoms in total. The summed E-state index contributed by atoms with van der Waals surface area (Å²) in [6.45, 7) is 5.51. The van der Waals surface area contributed by atoms with E-state index in [0.717, 1.165) is 19.1 Å². The zero-order valence-electron chi connectivity index (χ0n) is 10.8. The van der Waals surface area contributed by atoms with Crippen LogP contribution in [0, 0.1) is 6.92 Å². The molecule has 1 heterocycles. The molecule has 0 spiro atoms. The Morgan fingerprint density at radius 1 is 1.29 bits per heavy atom. The van der Waals surface area contributed by atoms with Crippen LogP contribution in [0.3, 0.4) is 0 Å². The summed E-state index contributed by atoms with van der Waals surface area (Å²) in [6, 6.07) is 9.35. The van der Waals surface area contributed by atoms with Crippen LogP contribution in [0.4, 0.5) is 0 Å². The van der Waals surface area contributed by atoms with Crippen LogP contribution in [-0.4, -0.2) is 19.1 Å². The van der Waals surface area contributed by atoms with Crippen LogP contribution >= 0.6 is 0 Å². The highest BCUT2D eigenvalue weighted by molar-refractivity contribution is 5.25. The maximum atomic E-state index is 3.59. The highest BCUT2D eigenvalue weighted by Crippen LogP contribution is 2.10. The Labute approximate surface area is 105 Å². The lowest BCUT2D eigenvalue weighted by molar-refractivity contribution is 0.376. The first-order valence-corrected chi connectivity index (χ1v) is 6.85. The molecule has 0 radical (unpaired) electrons. The monoisotopic (exact) mass is 232 g/mol. The molecule has 2 heteroatoms. The number of piperidine rings is 1. The molecular formula is C15H24N2. The largest absolute Gasteiger partial charge is 0.314 e. The molecule has 94 valence electrons. The van der Waals surface area contributed by atoms with Crippen molar-refractivity contribution in [3.63, 3.8) is 0 Å². The molecule has 1 aliphatic heterocycles. The topological polar surface area (TPSA) is 24.1 Å². The van der Waals surface area contributed by atoms with Crippen molar-refractivity contribution < 1.29 is 0 Å². The Hall–Kier alpha value is -0.860. The molecule has 0 aromatic heterocycles. The lowest BCUT2D eigenvalue weighted by Crippen LogP contribution is -2.36. The zero-order chi connectivity index (χ0) is 11.9. The van der Waals surface area contributed by atoms with Crippen LogP contribution in [0.25, 0.3) is 0 Å². The summed E-state index contributed by atoms with van der Waals surface area (Å²) in [7, 11) is 0. The minimum atomic E-state index is 0.744. The van der Waals surface area contributed by atoms with Gasteiger partial charge in [0.25, 0.3) is 0 Å². The standard InChI is InChI=1S/C15H24N2/c1-13-6-2-3-7-14(13)12-16-11-9-15-8-4-5-10-17-15/h2-3,6-7,15-17H,4-5,8-12H2,1H3. The fourth-order valence-corrected chi connectivity index (χ4v) is 2.48. The van der Waals surface area contributed by atoms with Crippen molar-refractivity contribution in [2.24, 2.45) is 0 Å². The van der Waals surface area contributed by atoms with Gasteiger partial charge in [-0.05, 0) is 50.4 Å². The minimum absolute atomic E-state index is 0.744. The van der Waals surface area contributed by atoms with Crippen molar-refractivity contribution in [1.29, 1.82) is 0 Å². The molecule has 2 N–H and O–H groups in total. The molecule has 1 saturated heterocycles.